The summed E-state index contributed by atoms with van der Waals surface area (Å²) >= 11 is 0. The third-order valence-electron chi connectivity index (χ3n) is 2.57. The van der Waals surface area contributed by atoms with Gasteiger partial charge in [0.05, 0.1) is 23.7 Å². The zero-order valence-corrected chi connectivity index (χ0v) is 9.44. The zero-order chi connectivity index (χ0) is 12.0. The number of carboxylic acids is 1. The molecule has 18 heavy (non-hydrogen) atoms. The van der Waals surface area contributed by atoms with Crippen LogP contribution in [-0.2, 0) is 0 Å². The van der Waals surface area contributed by atoms with E-state index in [0.29, 0.717) is 16.4 Å². The van der Waals surface area contributed by atoms with Crippen molar-refractivity contribution in [2.24, 2.45) is 0 Å². The summed E-state index contributed by atoms with van der Waals surface area (Å²) in [5, 5.41) is 11.5. The molecule has 2 heterocycles. The van der Waals surface area contributed by atoms with E-state index < -0.39 is 11.8 Å². The first-order valence-corrected chi connectivity index (χ1v) is 4.84. The number of aromatic nitrogens is 1. The van der Waals surface area contributed by atoms with Gasteiger partial charge in [-0.1, -0.05) is 6.07 Å². The maximum Gasteiger partial charge on any atom is 1.00 e. The number of carbonyl (C=O) groups is 1. The van der Waals surface area contributed by atoms with Crippen LogP contribution in [0.1, 0.15) is 10.4 Å². The molecule has 0 fully saturated rings. The van der Waals surface area contributed by atoms with E-state index in [9.17, 15) is 14.3 Å². The number of aromatic carboxylic acids is 1. The first-order valence-electron chi connectivity index (χ1n) is 4.84. The number of benzene rings is 1. The summed E-state index contributed by atoms with van der Waals surface area (Å²) in [5.74, 6) is -1.80. The number of carboxylic acid groups (broad SMARTS) is 1. The molecule has 0 atom stereocenters. The predicted octanol–water partition coefficient (Wildman–Crippen LogP) is -1.51. The minimum absolute atomic E-state index is 0. The Bertz CT molecular complexity index is 753. The molecule has 0 aliphatic carbocycles. The Balaban J connectivity index is 0.00000120. The van der Waals surface area contributed by atoms with E-state index >= 15 is 0 Å². The molecular formula is C12H5FLiNO3. The maximum absolute atomic E-state index is 13.6. The van der Waals surface area contributed by atoms with Crippen molar-refractivity contribution < 1.29 is 37.6 Å². The fourth-order valence-corrected chi connectivity index (χ4v) is 1.81. The molecule has 6 heteroatoms. The van der Waals surface area contributed by atoms with Gasteiger partial charge in [0.2, 0.25) is 0 Å². The SMILES string of the molecule is O=C([O-])c1ccc2c(c1)oc1cncc(F)c12.[Li+]. The summed E-state index contributed by atoms with van der Waals surface area (Å²) in [7, 11) is 0. The Morgan fingerprint density at radius 1 is 1.28 bits per heavy atom. The largest absolute Gasteiger partial charge is 1.00 e. The Kier molecular flexibility index (Phi) is 3.12. The maximum atomic E-state index is 13.6. The van der Waals surface area contributed by atoms with E-state index in [2.05, 4.69) is 4.98 Å². The summed E-state index contributed by atoms with van der Waals surface area (Å²) < 4.78 is 18.9. The predicted molar refractivity (Wildman–Crippen MR) is 55.8 cm³/mol. The Morgan fingerprint density at radius 3 is 2.78 bits per heavy atom. The number of furan rings is 1. The van der Waals surface area contributed by atoms with E-state index in [1.807, 2.05) is 0 Å². The number of pyridine rings is 1. The van der Waals surface area contributed by atoms with Gasteiger partial charge in [-0.2, -0.15) is 0 Å². The molecule has 84 valence electrons. The molecule has 3 rings (SSSR count). The van der Waals surface area contributed by atoms with Crippen LogP contribution in [-0.4, -0.2) is 11.0 Å². The Labute approximate surface area is 113 Å². The van der Waals surface area contributed by atoms with Gasteiger partial charge < -0.3 is 14.3 Å². The summed E-state index contributed by atoms with van der Waals surface area (Å²) in [6, 6.07) is 4.16. The molecule has 0 spiro atoms. The average Bonchev–Trinajstić information content (AvgIpc) is 2.67. The van der Waals surface area contributed by atoms with Gasteiger partial charge in [0, 0.05) is 10.9 Å². The zero-order valence-electron chi connectivity index (χ0n) is 9.44. The number of fused-ring (bicyclic) bond motifs is 3. The molecule has 0 aliphatic heterocycles. The molecule has 0 amide bonds. The minimum atomic E-state index is -1.30. The number of nitrogens with zero attached hydrogens (tertiary/aromatic N) is 1. The normalized spacial score (nSPS) is 10.5. The van der Waals surface area contributed by atoms with Crippen molar-refractivity contribution >= 4 is 27.9 Å². The van der Waals surface area contributed by atoms with Crippen LogP contribution in [0.4, 0.5) is 4.39 Å². The molecule has 0 N–H and O–H groups in total. The Hall–Kier alpha value is -1.83. The van der Waals surface area contributed by atoms with Gasteiger partial charge in [0.1, 0.15) is 5.58 Å². The van der Waals surface area contributed by atoms with E-state index in [4.69, 9.17) is 4.42 Å². The molecular weight excluding hydrogens is 232 g/mol. The monoisotopic (exact) mass is 237 g/mol. The van der Waals surface area contributed by atoms with E-state index in [-0.39, 0.29) is 30.0 Å². The molecule has 0 saturated heterocycles. The molecule has 0 saturated carbocycles. The number of rotatable bonds is 1. The van der Waals surface area contributed by atoms with Crippen molar-refractivity contribution in [2.45, 2.75) is 0 Å². The van der Waals surface area contributed by atoms with E-state index in [1.54, 1.807) is 0 Å². The molecule has 1 aromatic carbocycles. The van der Waals surface area contributed by atoms with Crippen LogP contribution < -0.4 is 24.0 Å². The van der Waals surface area contributed by atoms with Crippen LogP contribution in [0, 0.1) is 5.82 Å². The quantitative estimate of drug-likeness (QED) is 0.482. The molecule has 0 aliphatic rings. The fourth-order valence-electron chi connectivity index (χ4n) is 1.81. The summed E-state index contributed by atoms with van der Waals surface area (Å²) in [6.07, 6.45) is 2.47. The Morgan fingerprint density at radius 2 is 2.06 bits per heavy atom. The van der Waals surface area contributed by atoms with Crippen LogP contribution in [0.5, 0.6) is 0 Å². The second-order valence-corrected chi connectivity index (χ2v) is 3.59. The smallest absolute Gasteiger partial charge is 0.545 e. The molecule has 0 radical (unpaired) electrons. The van der Waals surface area contributed by atoms with E-state index in [0.717, 1.165) is 6.20 Å². The first kappa shape index (κ1) is 12.6. The van der Waals surface area contributed by atoms with Crippen molar-refractivity contribution in [3.05, 3.63) is 42.0 Å². The van der Waals surface area contributed by atoms with Gasteiger partial charge in [-0.05, 0) is 12.1 Å². The molecule has 0 unspecified atom stereocenters. The van der Waals surface area contributed by atoms with E-state index in [1.165, 1.54) is 24.4 Å². The van der Waals surface area contributed by atoms with Gasteiger partial charge in [-0.3, -0.25) is 4.98 Å². The standard InChI is InChI=1S/C12H6FNO3.Li/c13-8-4-14-5-10-11(8)7-2-1-6(12(15)16)3-9(7)17-10;/h1-5H,(H,15,16);/q;+1/p-1. The number of halogens is 1. The van der Waals surface area contributed by atoms with Crippen LogP contribution in [0.2, 0.25) is 0 Å². The van der Waals surface area contributed by atoms with Gasteiger partial charge in [0.15, 0.2) is 11.4 Å². The summed E-state index contributed by atoms with van der Waals surface area (Å²) in [6.45, 7) is 0. The van der Waals surface area contributed by atoms with Gasteiger partial charge in [-0.25, -0.2) is 4.39 Å². The number of hydrogen-bond acceptors (Lipinski definition) is 4. The number of hydrogen-bond donors (Lipinski definition) is 0. The average molecular weight is 237 g/mol. The molecule has 4 nitrogen and oxygen atoms in total. The van der Waals surface area contributed by atoms with Gasteiger partial charge >= 0.3 is 18.9 Å². The van der Waals surface area contributed by atoms with Crippen molar-refractivity contribution in [1.29, 1.82) is 0 Å². The summed E-state index contributed by atoms with van der Waals surface area (Å²) in [4.78, 5) is 14.4. The molecule has 0 bridgehead atoms. The third-order valence-corrected chi connectivity index (χ3v) is 2.57. The molecule has 3 aromatic rings. The van der Waals surface area contributed by atoms with Crippen molar-refractivity contribution in [3.63, 3.8) is 0 Å². The van der Waals surface area contributed by atoms with Crippen LogP contribution in [0.3, 0.4) is 0 Å². The second-order valence-electron chi connectivity index (χ2n) is 3.59. The van der Waals surface area contributed by atoms with Crippen molar-refractivity contribution in [1.82, 2.24) is 4.98 Å². The van der Waals surface area contributed by atoms with Gasteiger partial charge in [0.25, 0.3) is 0 Å². The topological polar surface area (TPSA) is 66.2 Å². The second kappa shape index (κ2) is 4.45. The molecule has 2 aromatic heterocycles. The number of carbonyl (C=O) groups excluding carboxylic acids is 1. The van der Waals surface area contributed by atoms with Crippen LogP contribution in [0.15, 0.2) is 35.0 Å². The van der Waals surface area contributed by atoms with Crippen LogP contribution in [0.25, 0.3) is 21.9 Å². The minimum Gasteiger partial charge on any atom is -0.545 e. The first-order chi connectivity index (χ1) is 8.16. The van der Waals surface area contributed by atoms with Crippen molar-refractivity contribution in [3.8, 4) is 0 Å². The fraction of sp³-hybridized carbons (Fsp3) is 0. The van der Waals surface area contributed by atoms with Crippen LogP contribution >= 0.6 is 0 Å². The third kappa shape index (κ3) is 1.78. The van der Waals surface area contributed by atoms with Gasteiger partial charge in [-0.15, -0.1) is 0 Å². The summed E-state index contributed by atoms with van der Waals surface area (Å²) in [5.41, 5.74) is 0.578. The van der Waals surface area contributed by atoms with Crippen molar-refractivity contribution in [2.75, 3.05) is 0 Å².